The molecule has 6 heteroatoms. The number of hydrogen-bond acceptors (Lipinski definition) is 6. The number of aryl methyl sites for hydroxylation is 2. The molecule has 1 saturated carbocycles. The first kappa shape index (κ1) is 23.5. The van der Waals surface area contributed by atoms with Gasteiger partial charge in [-0.2, -0.15) is 0 Å². The van der Waals surface area contributed by atoms with E-state index in [1.54, 1.807) is 6.07 Å². The second-order valence-electron chi connectivity index (χ2n) is 10.9. The predicted molar refractivity (Wildman–Crippen MR) is 137 cm³/mol. The normalized spacial score (nSPS) is 20.7. The number of carbonyl (C=O) groups excluding carboxylic acids is 2. The molecule has 0 bridgehead atoms. The first-order valence-electron chi connectivity index (χ1n) is 12.5. The minimum atomic E-state index is -0.350. The van der Waals surface area contributed by atoms with Crippen molar-refractivity contribution >= 4 is 23.1 Å². The fourth-order valence-electron chi connectivity index (χ4n) is 5.03. The third-order valence-electron chi connectivity index (χ3n) is 7.15. The third kappa shape index (κ3) is 4.66. The topological polar surface area (TPSA) is 76.7 Å². The van der Waals surface area contributed by atoms with Gasteiger partial charge in [0.05, 0.1) is 29.9 Å². The van der Waals surface area contributed by atoms with Gasteiger partial charge in [-0.25, -0.2) is 0 Å². The largest absolute Gasteiger partial charge is 0.490 e. The Morgan fingerprint density at radius 2 is 1.74 bits per heavy atom. The Morgan fingerprint density at radius 1 is 1.03 bits per heavy atom. The lowest BCUT2D eigenvalue weighted by atomic mass is 9.73. The highest BCUT2D eigenvalue weighted by Gasteiger charge is 2.39. The molecular weight excluding hydrogens is 440 g/mol. The summed E-state index contributed by atoms with van der Waals surface area (Å²) in [6.45, 7) is 10.8. The summed E-state index contributed by atoms with van der Waals surface area (Å²) >= 11 is 0. The Labute approximate surface area is 207 Å². The van der Waals surface area contributed by atoms with Crippen molar-refractivity contribution in [3.63, 3.8) is 0 Å². The number of carbonyl (C=O) groups is 2. The summed E-state index contributed by atoms with van der Waals surface area (Å²) in [4.78, 5) is 25.8. The molecule has 0 radical (unpaired) electrons. The van der Waals surface area contributed by atoms with Crippen LogP contribution in [0.15, 0.2) is 41.6 Å². The minimum Gasteiger partial charge on any atom is -0.490 e. The number of anilines is 2. The molecule has 0 spiro atoms. The predicted octanol–water partition coefficient (Wildman–Crippen LogP) is 6.24. The van der Waals surface area contributed by atoms with Crippen molar-refractivity contribution in [2.24, 2.45) is 11.3 Å². The summed E-state index contributed by atoms with van der Waals surface area (Å²) in [7, 11) is 0. The summed E-state index contributed by atoms with van der Waals surface area (Å²) in [6, 6.07) is 9.55. The van der Waals surface area contributed by atoms with Gasteiger partial charge < -0.3 is 20.1 Å². The van der Waals surface area contributed by atoms with E-state index >= 15 is 0 Å². The van der Waals surface area contributed by atoms with Crippen molar-refractivity contribution in [3.8, 4) is 11.5 Å². The second-order valence-corrected chi connectivity index (χ2v) is 10.9. The maximum atomic E-state index is 13.5. The van der Waals surface area contributed by atoms with Gasteiger partial charge >= 0.3 is 5.97 Å². The highest BCUT2D eigenvalue weighted by Crippen LogP contribution is 2.47. The first-order chi connectivity index (χ1) is 16.6. The van der Waals surface area contributed by atoms with Crippen LogP contribution >= 0.6 is 0 Å². The lowest BCUT2D eigenvalue weighted by molar-refractivity contribution is -0.135. The van der Waals surface area contributed by atoms with Crippen LogP contribution in [0.4, 0.5) is 11.4 Å². The molecule has 2 aromatic carbocycles. The molecular formula is C29H34N2O4. The average Bonchev–Trinajstić information content (AvgIpc) is 3.62. The van der Waals surface area contributed by atoms with Gasteiger partial charge in [0, 0.05) is 17.7 Å². The third-order valence-corrected chi connectivity index (χ3v) is 7.15. The number of Topliss-reactive ketones (excluding diaryl/α,β-unsaturated/α-hetero) is 1. The standard InChI is InChI=1S/C29H34N2O4/c1-6-34-25-13-19(9-10-24(25)35-28(33)18-7-8-18)27-26-22(14-29(4,5)15-23(26)32)30-20-11-16(2)17(3)12-21(20)31-27/h9-13,18,27,30-31H,6-8,14-15H2,1-5H3. The summed E-state index contributed by atoms with van der Waals surface area (Å²) in [5.41, 5.74) is 6.83. The number of ketones is 1. The fourth-order valence-corrected chi connectivity index (χ4v) is 5.03. The number of allylic oxidation sites excluding steroid dienone is 1. The van der Waals surface area contributed by atoms with E-state index in [4.69, 9.17) is 9.47 Å². The molecule has 0 saturated heterocycles. The molecule has 2 aliphatic carbocycles. The number of ether oxygens (including phenoxy) is 2. The Morgan fingerprint density at radius 3 is 2.43 bits per heavy atom. The number of fused-ring (bicyclic) bond motifs is 1. The van der Waals surface area contributed by atoms with Crippen molar-refractivity contribution in [1.82, 2.24) is 0 Å². The molecule has 1 atom stereocenters. The molecule has 0 aromatic heterocycles. The SMILES string of the molecule is CCOc1cc(C2Nc3cc(C)c(C)cc3NC3=C2C(=O)CC(C)(C)C3)ccc1OC(=O)C1CC1. The Hall–Kier alpha value is -3.28. The number of benzene rings is 2. The quantitative estimate of drug-likeness (QED) is 0.395. The lowest BCUT2D eigenvalue weighted by Gasteiger charge is -2.34. The van der Waals surface area contributed by atoms with Crippen molar-refractivity contribution in [2.75, 3.05) is 17.2 Å². The highest BCUT2D eigenvalue weighted by molar-refractivity contribution is 6.01. The van der Waals surface area contributed by atoms with Gasteiger partial charge in [0.1, 0.15) is 0 Å². The van der Waals surface area contributed by atoms with Crippen LogP contribution in [-0.2, 0) is 9.59 Å². The van der Waals surface area contributed by atoms with Crippen LogP contribution in [0.3, 0.4) is 0 Å². The molecule has 1 aliphatic heterocycles. The maximum absolute atomic E-state index is 13.5. The Balaban J connectivity index is 1.60. The summed E-state index contributed by atoms with van der Waals surface area (Å²) < 4.78 is 11.5. The van der Waals surface area contributed by atoms with Crippen molar-refractivity contribution < 1.29 is 19.1 Å². The van der Waals surface area contributed by atoms with Crippen LogP contribution in [-0.4, -0.2) is 18.4 Å². The number of esters is 1. The van der Waals surface area contributed by atoms with E-state index in [2.05, 4.69) is 50.5 Å². The molecule has 1 fully saturated rings. The lowest BCUT2D eigenvalue weighted by Crippen LogP contribution is -2.31. The molecule has 5 rings (SSSR count). The monoisotopic (exact) mass is 474 g/mol. The number of rotatable bonds is 5. The van der Waals surface area contributed by atoms with Gasteiger partial charge in [-0.1, -0.05) is 19.9 Å². The van der Waals surface area contributed by atoms with Crippen LogP contribution in [0.2, 0.25) is 0 Å². The van der Waals surface area contributed by atoms with Crippen molar-refractivity contribution in [3.05, 3.63) is 58.3 Å². The van der Waals surface area contributed by atoms with Gasteiger partial charge in [0.2, 0.25) is 0 Å². The van der Waals surface area contributed by atoms with Gasteiger partial charge in [-0.15, -0.1) is 0 Å². The molecule has 2 N–H and O–H groups in total. The van der Waals surface area contributed by atoms with Crippen LogP contribution in [0.25, 0.3) is 0 Å². The molecule has 3 aliphatic rings. The highest BCUT2D eigenvalue weighted by atomic mass is 16.6. The Kier molecular flexibility index (Phi) is 5.86. The first-order valence-corrected chi connectivity index (χ1v) is 12.5. The molecule has 6 nitrogen and oxygen atoms in total. The smallest absolute Gasteiger partial charge is 0.314 e. The zero-order valence-corrected chi connectivity index (χ0v) is 21.2. The van der Waals surface area contributed by atoms with E-state index in [0.29, 0.717) is 24.5 Å². The number of nitrogens with one attached hydrogen (secondary N) is 2. The van der Waals surface area contributed by atoms with E-state index in [9.17, 15) is 9.59 Å². The second kappa shape index (κ2) is 8.74. The van der Waals surface area contributed by atoms with Crippen molar-refractivity contribution in [2.45, 2.75) is 66.3 Å². The molecule has 35 heavy (non-hydrogen) atoms. The van der Waals surface area contributed by atoms with E-state index in [0.717, 1.165) is 47.5 Å². The summed E-state index contributed by atoms with van der Waals surface area (Å²) in [6.07, 6.45) is 3.05. The molecule has 1 heterocycles. The number of hydrogen-bond donors (Lipinski definition) is 2. The van der Waals surface area contributed by atoms with E-state index < -0.39 is 0 Å². The van der Waals surface area contributed by atoms with E-state index in [1.807, 2.05) is 19.1 Å². The minimum absolute atomic E-state index is 0.00197. The average molecular weight is 475 g/mol. The maximum Gasteiger partial charge on any atom is 0.314 e. The Bertz CT molecular complexity index is 1240. The van der Waals surface area contributed by atoms with Gasteiger partial charge in [-0.05, 0) is 86.4 Å². The fraction of sp³-hybridized carbons (Fsp3) is 0.448. The molecule has 184 valence electrons. The van der Waals surface area contributed by atoms with E-state index in [-0.39, 0.29) is 29.1 Å². The molecule has 0 amide bonds. The summed E-state index contributed by atoms with van der Waals surface area (Å²) in [5, 5.41) is 7.26. The van der Waals surface area contributed by atoms with Crippen LogP contribution in [0.5, 0.6) is 11.5 Å². The zero-order valence-electron chi connectivity index (χ0n) is 21.2. The molecule has 2 aromatic rings. The molecule has 1 unspecified atom stereocenters. The van der Waals surface area contributed by atoms with Gasteiger partial charge in [0.25, 0.3) is 0 Å². The van der Waals surface area contributed by atoms with Crippen molar-refractivity contribution in [1.29, 1.82) is 0 Å². The van der Waals surface area contributed by atoms with Gasteiger partial charge in [0.15, 0.2) is 17.3 Å². The van der Waals surface area contributed by atoms with Crippen LogP contribution in [0, 0.1) is 25.2 Å². The van der Waals surface area contributed by atoms with Crippen LogP contribution < -0.4 is 20.1 Å². The zero-order chi connectivity index (χ0) is 24.9. The van der Waals surface area contributed by atoms with Crippen LogP contribution in [0.1, 0.15) is 69.2 Å². The van der Waals surface area contributed by atoms with E-state index in [1.165, 1.54) is 11.1 Å². The van der Waals surface area contributed by atoms with Gasteiger partial charge in [-0.3, -0.25) is 9.59 Å². The summed E-state index contributed by atoms with van der Waals surface area (Å²) in [5.74, 6) is 0.882.